The number of hydrogen-bond acceptors (Lipinski definition) is 6. The van der Waals surface area contributed by atoms with Gasteiger partial charge in [-0.3, -0.25) is 0 Å². The molecule has 0 amide bonds. The zero-order chi connectivity index (χ0) is 19.8. The van der Waals surface area contributed by atoms with Gasteiger partial charge in [-0.1, -0.05) is 6.42 Å². The second-order valence-corrected chi connectivity index (χ2v) is 8.18. The standard InChI is InChI=1S/C22H26N6O/c1-27(18-11-15-3-2-4-16(12-18)24-15)22-8-7-20(25-26-22)19-6-5-17(13-21(19)29)28-10-9-23-14-28/h5-10,13-16,18,24,29H,2-4,11-12H2,1H3/t15-,16+,18?. The molecular weight excluding hydrogens is 364 g/mol. The minimum absolute atomic E-state index is 0.179. The number of nitrogens with one attached hydrogen (secondary N) is 1. The third-order valence-electron chi connectivity index (χ3n) is 6.31. The lowest BCUT2D eigenvalue weighted by atomic mass is 9.83. The molecule has 0 saturated carbocycles. The highest BCUT2D eigenvalue weighted by atomic mass is 16.3. The van der Waals surface area contributed by atoms with E-state index in [1.54, 1.807) is 18.6 Å². The maximum Gasteiger partial charge on any atom is 0.151 e. The maximum absolute atomic E-state index is 10.5. The Labute approximate surface area is 170 Å². The Hall–Kier alpha value is -2.93. The summed E-state index contributed by atoms with van der Waals surface area (Å²) in [6, 6.07) is 11.2. The number of fused-ring (bicyclic) bond motifs is 2. The van der Waals surface area contributed by atoms with Crippen LogP contribution in [-0.2, 0) is 0 Å². The number of phenols is 1. The molecule has 2 aliphatic heterocycles. The Balaban J connectivity index is 1.33. The Morgan fingerprint density at radius 3 is 2.59 bits per heavy atom. The van der Waals surface area contributed by atoms with Crippen molar-refractivity contribution in [3.8, 4) is 22.7 Å². The fraction of sp³-hybridized carbons (Fsp3) is 0.409. The third kappa shape index (κ3) is 3.58. The largest absolute Gasteiger partial charge is 0.507 e. The molecule has 7 nitrogen and oxygen atoms in total. The van der Waals surface area contributed by atoms with E-state index < -0.39 is 0 Å². The number of hydrogen-bond donors (Lipinski definition) is 2. The van der Waals surface area contributed by atoms with Crippen LogP contribution in [0.5, 0.6) is 5.75 Å². The average molecular weight is 390 g/mol. The van der Waals surface area contributed by atoms with Crippen LogP contribution in [-0.4, -0.2) is 50.0 Å². The molecule has 3 aromatic rings. The molecule has 0 radical (unpaired) electrons. The lowest BCUT2D eigenvalue weighted by Gasteiger charge is -2.43. The third-order valence-corrected chi connectivity index (χ3v) is 6.31. The van der Waals surface area contributed by atoms with E-state index in [-0.39, 0.29) is 5.75 Å². The highest BCUT2D eigenvalue weighted by molar-refractivity contribution is 5.69. The summed E-state index contributed by atoms with van der Waals surface area (Å²) in [6.45, 7) is 0. The molecule has 3 atom stereocenters. The highest BCUT2D eigenvalue weighted by Crippen LogP contribution is 2.32. The molecule has 2 fully saturated rings. The van der Waals surface area contributed by atoms with E-state index >= 15 is 0 Å². The van der Waals surface area contributed by atoms with Gasteiger partial charge in [0.15, 0.2) is 5.82 Å². The normalized spacial score (nSPS) is 23.7. The Kier molecular flexibility index (Phi) is 4.67. The number of benzene rings is 1. The molecule has 0 spiro atoms. The van der Waals surface area contributed by atoms with Gasteiger partial charge in [0.2, 0.25) is 0 Å². The van der Waals surface area contributed by atoms with Gasteiger partial charge in [-0.2, -0.15) is 0 Å². The second kappa shape index (κ2) is 7.48. The van der Waals surface area contributed by atoms with E-state index in [2.05, 4.69) is 32.4 Å². The first-order valence-electron chi connectivity index (χ1n) is 10.3. The zero-order valence-corrected chi connectivity index (χ0v) is 16.6. The van der Waals surface area contributed by atoms with Crippen LogP contribution in [0, 0.1) is 0 Å². The average Bonchev–Trinajstić information content (AvgIpc) is 3.28. The number of aromatic nitrogens is 4. The van der Waals surface area contributed by atoms with Crippen molar-refractivity contribution in [3.05, 3.63) is 49.1 Å². The summed E-state index contributed by atoms with van der Waals surface area (Å²) in [7, 11) is 2.12. The van der Waals surface area contributed by atoms with Gasteiger partial charge in [0, 0.05) is 49.2 Å². The molecule has 2 saturated heterocycles. The first-order chi connectivity index (χ1) is 14.2. The molecule has 5 rings (SSSR count). The number of piperidine rings is 2. The fourth-order valence-electron chi connectivity index (χ4n) is 4.70. The summed E-state index contributed by atoms with van der Waals surface area (Å²) in [4.78, 5) is 6.31. The first-order valence-corrected chi connectivity index (χ1v) is 10.3. The van der Waals surface area contributed by atoms with E-state index in [1.165, 1.54) is 19.3 Å². The summed E-state index contributed by atoms with van der Waals surface area (Å²) in [5.41, 5.74) is 2.19. The van der Waals surface area contributed by atoms with Crippen LogP contribution in [0.1, 0.15) is 32.1 Å². The topological polar surface area (TPSA) is 79.1 Å². The summed E-state index contributed by atoms with van der Waals surface area (Å²) in [5, 5.41) is 23.1. The van der Waals surface area contributed by atoms with Crippen molar-refractivity contribution in [2.24, 2.45) is 0 Å². The van der Waals surface area contributed by atoms with Gasteiger partial charge >= 0.3 is 0 Å². The van der Waals surface area contributed by atoms with Gasteiger partial charge in [0.25, 0.3) is 0 Å². The van der Waals surface area contributed by atoms with Gasteiger partial charge in [-0.05, 0) is 49.9 Å². The predicted octanol–water partition coefficient (Wildman–Crippen LogP) is 3.14. The quantitative estimate of drug-likeness (QED) is 0.713. The molecule has 1 unspecified atom stereocenters. The molecule has 1 aromatic carbocycles. The smallest absolute Gasteiger partial charge is 0.151 e. The van der Waals surface area contributed by atoms with Crippen LogP contribution < -0.4 is 10.2 Å². The molecule has 7 heteroatoms. The second-order valence-electron chi connectivity index (χ2n) is 8.18. The number of imidazole rings is 1. The minimum atomic E-state index is 0.179. The van der Waals surface area contributed by atoms with Crippen molar-refractivity contribution < 1.29 is 5.11 Å². The molecule has 150 valence electrons. The van der Waals surface area contributed by atoms with Crippen molar-refractivity contribution in [3.63, 3.8) is 0 Å². The van der Waals surface area contributed by atoms with E-state index in [1.807, 2.05) is 35.0 Å². The van der Waals surface area contributed by atoms with E-state index in [0.717, 1.165) is 24.3 Å². The molecule has 4 heterocycles. The van der Waals surface area contributed by atoms with Crippen LogP contribution in [0.15, 0.2) is 49.1 Å². The molecular formula is C22H26N6O. The van der Waals surface area contributed by atoms with Gasteiger partial charge in [-0.25, -0.2) is 4.98 Å². The van der Waals surface area contributed by atoms with Crippen molar-refractivity contribution in [2.75, 3.05) is 11.9 Å². The molecule has 2 aliphatic rings. The SMILES string of the molecule is CN(c1ccc(-c2ccc(-n3ccnc3)cc2O)nn1)C1C[C@H]2CCC[C@@H](C1)N2. The van der Waals surface area contributed by atoms with Crippen LogP contribution in [0.2, 0.25) is 0 Å². The molecule has 0 aliphatic carbocycles. The Morgan fingerprint density at radius 1 is 1.10 bits per heavy atom. The number of anilines is 1. The zero-order valence-electron chi connectivity index (χ0n) is 16.6. The van der Waals surface area contributed by atoms with Gasteiger partial charge in [0.1, 0.15) is 5.75 Å². The predicted molar refractivity (Wildman–Crippen MR) is 112 cm³/mol. The van der Waals surface area contributed by atoms with Crippen molar-refractivity contribution in [2.45, 2.75) is 50.2 Å². The van der Waals surface area contributed by atoms with Gasteiger partial charge in [-0.15, -0.1) is 10.2 Å². The van der Waals surface area contributed by atoms with E-state index in [4.69, 9.17) is 0 Å². The maximum atomic E-state index is 10.5. The monoisotopic (exact) mass is 390 g/mol. The van der Waals surface area contributed by atoms with E-state index in [0.29, 0.717) is 29.4 Å². The molecule has 2 aromatic heterocycles. The van der Waals surface area contributed by atoms with Crippen molar-refractivity contribution >= 4 is 5.82 Å². The van der Waals surface area contributed by atoms with Gasteiger partial charge in [0.05, 0.1) is 17.7 Å². The summed E-state index contributed by atoms with van der Waals surface area (Å²) in [5.74, 6) is 1.06. The highest BCUT2D eigenvalue weighted by Gasteiger charge is 2.33. The van der Waals surface area contributed by atoms with E-state index in [9.17, 15) is 5.11 Å². The van der Waals surface area contributed by atoms with Crippen LogP contribution >= 0.6 is 0 Å². The van der Waals surface area contributed by atoms with Crippen LogP contribution in [0.4, 0.5) is 5.82 Å². The van der Waals surface area contributed by atoms with Crippen molar-refractivity contribution in [1.29, 1.82) is 0 Å². The Morgan fingerprint density at radius 2 is 1.93 bits per heavy atom. The lowest BCUT2D eigenvalue weighted by molar-refractivity contribution is 0.219. The van der Waals surface area contributed by atoms with Crippen LogP contribution in [0.3, 0.4) is 0 Å². The Bertz CT molecular complexity index is 959. The lowest BCUT2D eigenvalue weighted by Crippen LogP contribution is -2.54. The molecule has 2 bridgehead atoms. The first kappa shape index (κ1) is 18.1. The molecule has 29 heavy (non-hydrogen) atoms. The fourth-order valence-corrected chi connectivity index (χ4v) is 4.70. The number of rotatable bonds is 4. The number of aromatic hydroxyl groups is 1. The number of nitrogens with zero attached hydrogens (tertiary/aromatic N) is 5. The summed E-state index contributed by atoms with van der Waals surface area (Å²) in [6.07, 6.45) is 11.5. The van der Waals surface area contributed by atoms with Gasteiger partial charge < -0.3 is 19.9 Å². The number of phenolic OH excluding ortho intramolecular Hbond substituents is 1. The van der Waals surface area contributed by atoms with Crippen molar-refractivity contribution in [1.82, 2.24) is 25.1 Å². The minimum Gasteiger partial charge on any atom is -0.507 e. The summed E-state index contributed by atoms with van der Waals surface area (Å²) < 4.78 is 1.85. The van der Waals surface area contributed by atoms with Crippen LogP contribution in [0.25, 0.3) is 16.9 Å². The molecule has 2 N–H and O–H groups in total. The summed E-state index contributed by atoms with van der Waals surface area (Å²) >= 11 is 0.